The molecule has 2 bridgehead atoms. The van der Waals surface area contributed by atoms with E-state index in [1.165, 1.54) is 25.7 Å². The number of thiocarbonyl (C=S) groups is 1. The molecule has 0 amide bonds. The number of rotatable bonds is 3. The van der Waals surface area contributed by atoms with Crippen molar-refractivity contribution in [2.24, 2.45) is 11.8 Å². The van der Waals surface area contributed by atoms with E-state index < -0.39 is 0 Å². The lowest BCUT2D eigenvalue weighted by Gasteiger charge is -2.24. The molecular weight excluding hydrogens is 282 g/mol. The molecule has 1 aromatic rings. The van der Waals surface area contributed by atoms with Crippen molar-refractivity contribution >= 4 is 34.7 Å². The minimum Gasteiger partial charge on any atom is -0.358 e. The van der Waals surface area contributed by atoms with E-state index in [-0.39, 0.29) is 0 Å². The highest BCUT2D eigenvalue weighted by atomic mass is 35.5. The van der Waals surface area contributed by atoms with Crippen LogP contribution in [0.5, 0.6) is 0 Å². The second-order valence-corrected chi connectivity index (χ2v) is 6.04. The van der Waals surface area contributed by atoms with E-state index in [0.717, 1.165) is 11.8 Å². The van der Waals surface area contributed by atoms with Gasteiger partial charge in [-0.25, -0.2) is 0 Å². The van der Waals surface area contributed by atoms with E-state index >= 15 is 0 Å². The lowest BCUT2D eigenvalue weighted by Crippen LogP contribution is -2.46. The summed E-state index contributed by atoms with van der Waals surface area (Å²) in [6, 6.07) is 3.94. The van der Waals surface area contributed by atoms with Crippen molar-refractivity contribution in [3.05, 3.63) is 17.3 Å². The molecule has 1 heterocycles. The highest BCUT2D eigenvalue weighted by molar-refractivity contribution is 7.80. The van der Waals surface area contributed by atoms with Crippen LogP contribution in [0.25, 0.3) is 0 Å². The van der Waals surface area contributed by atoms with Gasteiger partial charge in [-0.15, -0.1) is 10.2 Å². The summed E-state index contributed by atoms with van der Waals surface area (Å²) >= 11 is 10.9. The van der Waals surface area contributed by atoms with Crippen LogP contribution >= 0.6 is 23.8 Å². The number of nitrogens with one attached hydrogen (secondary N) is 3. The van der Waals surface area contributed by atoms with Crippen LogP contribution in [0.1, 0.15) is 25.7 Å². The first kappa shape index (κ1) is 12.9. The van der Waals surface area contributed by atoms with Crippen molar-refractivity contribution in [3.8, 4) is 0 Å². The smallest absolute Gasteiger partial charge is 0.185 e. The number of hydrogen-bond donors (Lipinski definition) is 3. The van der Waals surface area contributed by atoms with E-state index in [1.807, 2.05) is 0 Å². The van der Waals surface area contributed by atoms with E-state index in [0.29, 0.717) is 22.1 Å². The highest BCUT2D eigenvalue weighted by Crippen LogP contribution is 2.44. The molecule has 0 radical (unpaired) electrons. The third-order valence-electron chi connectivity index (χ3n) is 3.99. The normalized spacial score (nSPS) is 28.2. The molecule has 3 N–H and O–H groups in total. The van der Waals surface area contributed by atoms with Crippen LogP contribution in [-0.4, -0.2) is 21.4 Å². The first-order valence-electron chi connectivity index (χ1n) is 6.52. The Morgan fingerprint density at radius 2 is 2.16 bits per heavy atom. The first-order chi connectivity index (χ1) is 9.20. The van der Waals surface area contributed by atoms with Crippen molar-refractivity contribution in [1.82, 2.24) is 20.9 Å². The van der Waals surface area contributed by atoms with Crippen LogP contribution in [0.3, 0.4) is 0 Å². The maximum absolute atomic E-state index is 5.66. The third-order valence-corrected chi connectivity index (χ3v) is 4.41. The SMILES string of the molecule is S=C(NNc1ccc(Cl)nn1)NC1CC2CCC1C2. The molecule has 2 saturated carbocycles. The van der Waals surface area contributed by atoms with Crippen molar-refractivity contribution in [3.63, 3.8) is 0 Å². The minimum atomic E-state index is 0.369. The summed E-state index contributed by atoms with van der Waals surface area (Å²) in [5, 5.41) is 12.0. The van der Waals surface area contributed by atoms with Crippen molar-refractivity contribution in [2.75, 3.05) is 5.43 Å². The van der Waals surface area contributed by atoms with Crippen LogP contribution in [0, 0.1) is 11.8 Å². The molecule has 0 saturated heterocycles. The molecular formula is C12H16ClN5S. The van der Waals surface area contributed by atoms with E-state index in [1.54, 1.807) is 12.1 Å². The summed E-state index contributed by atoms with van der Waals surface area (Å²) in [6.07, 6.45) is 5.33. The Kier molecular flexibility index (Phi) is 3.70. The Morgan fingerprint density at radius 3 is 2.79 bits per heavy atom. The molecule has 19 heavy (non-hydrogen) atoms. The predicted octanol–water partition coefficient (Wildman–Crippen LogP) is 2.11. The number of anilines is 1. The summed E-state index contributed by atoms with van der Waals surface area (Å²) in [5.41, 5.74) is 5.83. The second-order valence-electron chi connectivity index (χ2n) is 5.25. The predicted molar refractivity (Wildman–Crippen MR) is 78.8 cm³/mol. The summed E-state index contributed by atoms with van der Waals surface area (Å²) in [6.45, 7) is 0. The fraction of sp³-hybridized carbons (Fsp3) is 0.583. The van der Waals surface area contributed by atoms with E-state index in [2.05, 4.69) is 26.4 Å². The Bertz CT molecular complexity index is 466. The Morgan fingerprint density at radius 1 is 1.26 bits per heavy atom. The Balaban J connectivity index is 1.45. The van der Waals surface area contributed by atoms with Gasteiger partial charge in [-0.3, -0.25) is 10.9 Å². The molecule has 3 atom stereocenters. The molecule has 1 aromatic heterocycles. The van der Waals surface area contributed by atoms with Crippen LogP contribution < -0.4 is 16.2 Å². The molecule has 0 spiro atoms. The zero-order valence-corrected chi connectivity index (χ0v) is 12.0. The molecule has 0 aromatic carbocycles. The summed E-state index contributed by atoms with van der Waals surface area (Å²) in [4.78, 5) is 0. The van der Waals surface area contributed by atoms with Gasteiger partial charge in [0.05, 0.1) is 0 Å². The number of fused-ring (bicyclic) bond motifs is 2. The van der Waals surface area contributed by atoms with E-state index in [4.69, 9.17) is 23.8 Å². The van der Waals surface area contributed by atoms with Crippen molar-refractivity contribution in [2.45, 2.75) is 31.7 Å². The highest BCUT2D eigenvalue weighted by Gasteiger charge is 2.39. The third kappa shape index (κ3) is 3.06. The molecule has 7 heteroatoms. The number of hydrazine groups is 1. The largest absolute Gasteiger partial charge is 0.358 e. The molecule has 5 nitrogen and oxygen atoms in total. The number of aromatic nitrogens is 2. The Labute approximate surface area is 122 Å². The van der Waals surface area contributed by atoms with Gasteiger partial charge in [0.1, 0.15) is 0 Å². The molecule has 0 aliphatic heterocycles. The van der Waals surface area contributed by atoms with Crippen LogP contribution in [-0.2, 0) is 0 Å². The van der Waals surface area contributed by atoms with Gasteiger partial charge < -0.3 is 5.32 Å². The fourth-order valence-corrected chi connectivity index (χ4v) is 3.43. The van der Waals surface area contributed by atoms with E-state index in [9.17, 15) is 0 Å². The quantitative estimate of drug-likeness (QED) is 0.587. The minimum absolute atomic E-state index is 0.369. The summed E-state index contributed by atoms with van der Waals surface area (Å²) in [5.74, 6) is 2.28. The zero-order chi connectivity index (χ0) is 13.2. The van der Waals surface area contributed by atoms with Gasteiger partial charge in [-0.1, -0.05) is 18.0 Å². The molecule has 2 aliphatic rings. The molecule has 2 fully saturated rings. The fourth-order valence-electron chi connectivity index (χ4n) is 3.13. The molecule has 3 rings (SSSR count). The van der Waals surface area contributed by atoms with Crippen molar-refractivity contribution < 1.29 is 0 Å². The topological polar surface area (TPSA) is 61.9 Å². The van der Waals surface area contributed by atoms with Crippen LogP contribution in [0.2, 0.25) is 5.15 Å². The first-order valence-corrected chi connectivity index (χ1v) is 7.31. The average molecular weight is 298 g/mol. The molecule has 2 aliphatic carbocycles. The maximum Gasteiger partial charge on any atom is 0.185 e. The summed E-state index contributed by atoms with van der Waals surface area (Å²) < 4.78 is 0. The standard InChI is InChI=1S/C12H16ClN5S/c13-10-3-4-11(16-15-10)17-18-12(19)14-9-6-7-1-2-8(9)5-7/h3-4,7-9H,1-2,5-6H2,(H,16,17)(H2,14,18,19). The average Bonchev–Trinajstić information content (AvgIpc) is 3.00. The maximum atomic E-state index is 5.66. The van der Waals surface area contributed by atoms with Gasteiger partial charge >= 0.3 is 0 Å². The number of nitrogens with zero attached hydrogens (tertiary/aromatic N) is 2. The lowest BCUT2D eigenvalue weighted by molar-refractivity contribution is 0.390. The van der Waals surface area contributed by atoms with Gasteiger partial charge in [-0.2, -0.15) is 0 Å². The van der Waals surface area contributed by atoms with Gasteiger partial charge in [0.15, 0.2) is 16.1 Å². The molecule has 102 valence electrons. The zero-order valence-electron chi connectivity index (χ0n) is 10.4. The Hall–Kier alpha value is -1.14. The second kappa shape index (κ2) is 5.46. The van der Waals surface area contributed by atoms with Crippen molar-refractivity contribution in [1.29, 1.82) is 0 Å². The van der Waals surface area contributed by atoms with Gasteiger partial charge in [0, 0.05) is 6.04 Å². The van der Waals surface area contributed by atoms with Crippen LogP contribution in [0.15, 0.2) is 12.1 Å². The van der Waals surface area contributed by atoms with Gasteiger partial charge in [0.2, 0.25) is 0 Å². The lowest BCUT2D eigenvalue weighted by atomic mass is 9.96. The van der Waals surface area contributed by atoms with Gasteiger partial charge in [-0.05, 0) is 55.4 Å². The monoisotopic (exact) mass is 297 g/mol. The van der Waals surface area contributed by atoms with Crippen LogP contribution in [0.4, 0.5) is 5.82 Å². The molecule has 3 unspecified atom stereocenters. The number of halogens is 1. The van der Waals surface area contributed by atoms with Gasteiger partial charge in [0.25, 0.3) is 0 Å². The number of hydrogen-bond acceptors (Lipinski definition) is 4. The summed E-state index contributed by atoms with van der Waals surface area (Å²) in [7, 11) is 0.